The monoisotopic (exact) mass is 143 g/mol. The van der Waals surface area contributed by atoms with Gasteiger partial charge < -0.3 is 0 Å². The first-order valence-corrected chi connectivity index (χ1v) is 3.23. The maximum absolute atomic E-state index is 5.05. The van der Waals surface area contributed by atoms with Crippen molar-refractivity contribution in [3.63, 3.8) is 0 Å². The van der Waals surface area contributed by atoms with Crippen LogP contribution in [0.5, 0.6) is 0 Å². The van der Waals surface area contributed by atoms with E-state index in [1.54, 1.807) is 12.2 Å². The molecule has 0 saturated carbocycles. The molecule has 1 aliphatic heterocycles. The highest BCUT2D eigenvalue weighted by molar-refractivity contribution is 5.65. The van der Waals surface area contributed by atoms with Crippen molar-refractivity contribution in [1.29, 1.82) is 0 Å². The van der Waals surface area contributed by atoms with Crippen molar-refractivity contribution in [3.05, 3.63) is 0 Å². The Labute approximate surface area is 61.0 Å². The molecule has 1 heterocycles. The van der Waals surface area contributed by atoms with Crippen LogP contribution >= 0.6 is 0 Å². The van der Waals surface area contributed by atoms with E-state index in [0.29, 0.717) is 6.67 Å². The Morgan fingerprint density at radius 3 is 2.80 bits per heavy atom. The average molecular weight is 143 g/mol. The van der Waals surface area contributed by atoms with Crippen molar-refractivity contribution in [3.8, 4) is 0 Å². The fraction of sp³-hybridized carbons (Fsp3) is 0.833. The summed E-state index contributed by atoms with van der Waals surface area (Å²) < 4.78 is 0. The van der Waals surface area contributed by atoms with Crippen LogP contribution in [0.3, 0.4) is 0 Å². The minimum Gasteiger partial charge on any atom is -0.299 e. The van der Waals surface area contributed by atoms with Crippen LogP contribution in [0.25, 0.3) is 0 Å². The quantitative estimate of drug-likeness (QED) is 0.535. The molecule has 0 aromatic carbocycles. The fourth-order valence-corrected chi connectivity index (χ4v) is 0.937. The molecule has 0 unspecified atom stereocenters. The average Bonchev–Trinajstić information content (AvgIpc) is 2.33. The van der Waals surface area contributed by atoms with Crippen molar-refractivity contribution in [1.82, 2.24) is 9.96 Å². The van der Waals surface area contributed by atoms with Crippen molar-refractivity contribution >= 4 is 6.21 Å². The summed E-state index contributed by atoms with van der Waals surface area (Å²) in [7, 11) is 5.65. The van der Waals surface area contributed by atoms with Crippen molar-refractivity contribution in [2.24, 2.45) is 4.99 Å². The lowest BCUT2D eigenvalue weighted by atomic mass is 10.5. The molecule has 10 heavy (non-hydrogen) atoms. The Balaban J connectivity index is 2.49. The van der Waals surface area contributed by atoms with Crippen molar-refractivity contribution < 1.29 is 4.84 Å². The summed E-state index contributed by atoms with van der Waals surface area (Å²) in [5.41, 5.74) is 0. The predicted molar refractivity (Wildman–Crippen MR) is 39.7 cm³/mol. The summed E-state index contributed by atoms with van der Waals surface area (Å²) in [6, 6.07) is 0. The van der Waals surface area contributed by atoms with Gasteiger partial charge in [-0.1, -0.05) is 0 Å². The normalized spacial score (nSPS) is 26.6. The zero-order valence-electron chi connectivity index (χ0n) is 6.61. The van der Waals surface area contributed by atoms with E-state index in [0.717, 1.165) is 0 Å². The van der Waals surface area contributed by atoms with E-state index in [2.05, 4.69) is 4.99 Å². The molecule has 1 atom stereocenters. The highest BCUT2D eigenvalue weighted by Crippen LogP contribution is 2.05. The van der Waals surface area contributed by atoms with Crippen LogP contribution in [0.1, 0.15) is 0 Å². The first-order chi connectivity index (χ1) is 4.75. The zero-order valence-corrected chi connectivity index (χ0v) is 6.61. The van der Waals surface area contributed by atoms with E-state index in [-0.39, 0.29) is 6.17 Å². The molecule has 58 valence electrons. The van der Waals surface area contributed by atoms with Crippen LogP contribution in [0.4, 0.5) is 0 Å². The van der Waals surface area contributed by atoms with Crippen molar-refractivity contribution in [2.45, 2.75) is 6.17 Å². The third kappa shape index (κ3) is 1.34. The maximum Gasteiger partial charge on any atom is 0.124 e. The van der Waals surface area contributed by atoms with E-state index in [1.807, 2.05) is 25.2 Å². The van der Waals surface area contributed by atoms with Crippen LogP contribution in [0.15, 0.2) is 4.99 Å². The molecular formula is C6H13N3O. The summed E-state index contributed by atoms with van der Waals surface area (Å²) in [4.78, 5) is 11.2. The number of hydroxylamine groups is 2. The largest absolute Gasteiger partial charge is 0.299 e. The molecule has 0 amide bonds. The number of rotatable bonds is 2. The lowest BCUT2D eigenvalue weighted by Crippen LogP contribution is -2.41. The van der Waals surface area contributed by atoms with Gasteiger partial charge in [0.15, 0.2) is 0 Å². The summed E-state index contributed by atoms with van der Waals surface area (Å²) in [6.45, 7) is 0.638. The molecule has 0 fully saturated rings. The highest BCUT2D eigenvalue weighted by atomic mass is 16.7. The summed E-state index contributed by atoms with van der Waals surface area (Å²) >= 11 is 0. The lowest BCUT2D eigenvalue weighted by molar-refractivity contribution is -0.161. The molecular weight excluding hydrogens is 130 g/mol. The van der Waals surface area contributed by atoms with E-state index in [9.17, 15) is 0 Å². The standard InChI is InChI=1S/C6H13N3O/c1-8(2)6-4-7-5-9(6)10-3/h4,6H,5H2,1-3H3/t6-/m1/s1. The molecule has 0 saturated heterocycles. The predicted octanol–water partition coefficient (Wildman–Crippen LogP) is -0.221. The van der Waals surface area contributed by atoms with E-state index in [4.69, 9.17) is 4.84 Å². The van der Waals surface area contributed by atoms with Crippen LogP contribution < -0.4 is 0 Å². The Kier molecular flexibility index (Phi) is 2.37. The number of hydrogen-bond donors (Lipinski definition) is 0. The Hall–Kier alpha value is -0.450. The van der Waals surface area contributed by atoms with Gasteiger partial charge in [0.1, 0.15) is 12.8 Å². The summed E-state index contributed by atoms with van der Waals surface area (Å²) in [5.74, 6) is 0. The molecule has 0 spiro atoms. The first kappa shape index (κ1) is 7.65. The second-order valence-corrected chi connectivity index (χ2v) is 2.45. The summed E-state index contributed by atoms with van der Waals surface area (Å²) in [5, 5.41) is 1.81. The lowest BCUT2D eigenvalue weighted by Gasteiger charge is -2.25. The van der Waals surface area contributed by atoms with Gasteiger partial charge in [-0.15, -0.1) is 5.06 Å². The van der Waals surface area contributed by atoms with Gasteiger partial charge >= 0.3 is 0 Å². The molecule has 0 radical (unpaired) electrons. The maximum atomic E-state index is 5.05. The Morgan fingerprint density at radius 1 is 1.70 bits per heavy atom. The molecule has 0 aromatic rings. The van der Waals surface area contributed by atoms with Crippen LogP contribution in [-0.2, 0) is 4.84 Å². The molecule has 0 N–H and O–H groups in total. The third-order valence-corrected chi connectivity index (χ3v) is 1.52. The van der Waals surface area contributed by atoms with Gasteiger partial charge in [-0.05, 0) is 14.1 Å². The summed E-state index contributed by atoms with van der Waals surface area (Å²) in [6.07, 6.45) is 2.08. The number of hydrogen-bond acceptors (Lipinski definition) is 4. The molecule has 1 aliphatic rings. The highest BCUT2D eigenvalue weighted by Gasteiger charge is 2.21. The molecule has 1 rings (SSSR count). The van der Waals surface area contributed by atoms with Gasteiger partial charge in [0, 0.05) is 6.21 Å². The van der Waals surface area contributed by atoms with Gasteiger partial charge in [0.05, 0.1) is 7.11 Å². The zero-order chi connectivity index (χ0) is 7.56. The molecule has 4 heteroatoms. The molecule has 0 bridgehead atoms. The smallest absolute Gasteiger partial charge is 0.124 e. The first-order valence-electron chi connectivity index (χ1n) is 3.23. The number of aliphatic imine (C=N–C) groups is 1. The Bertz CT molecular complexity index is 135. The molecule has 0 aromatic heterocycles. The van der Waals surface area contributed by atoms with Crippen LogP contribution in [0.2, 0.25) is 0 Å². The molecule has 4 nitrogen and oxygen atoms in total. The van der Waals surface area contributed by atoms with Crippen LogP contribution in [-0.4, -0.2) is 50.2 Å². The van der Waals surface area contributed by atoms with E-state index >= 15 is 0 Å². The Morgan fingerprint density at radius 2 is 2.40 bits per heavy atom. The second kappa shape index (κ2) is 3.09. The third-order valence-electron chi connectivity index (χ3n) is 1.52. The van der Waals surface area contributed by atoms with Gasteiger partial charge in [-0.2, -0.15) is 0 Å². The SMILES string of the molecule is CON1CN=C[C@@H]1N(C)C. The number of nitrogens with zero attached hydrogens (tertiary/aromatic N) is 3. The minimum atomic E-state index is 0.199. The van der Waals surface area contributed by atoms with E-state index < -0.39 is 0 Å². The van der Waals surface area contributed by atoms with Gasteiger partial charge in [0.25, 0.3) is 0 Å². The second-order valence-electron chi connectivity index (χ2n) is 2.45. The van der Waals surface area contributed by atoms with Gasteiger partial charge in [-0.25, -0.2) is 0 Å². The van der Waals surface area contributed by atoms with Crippen LogP contribution in [0, 0.1) is 0 Å². The topological polar surface area (TPSA) is 28.1 Å². The van der Waals surface area contributed by atoms with Gasteiger partial charge in [0.2, 0.25) is 0 Å². The minimum absolute atomic E-state index is 0.199. The molecule has 0 aliphatic carbocycles. The fourth-order valence-electron chi connectivity index (χ4n) is 0.937. The van der Waals surface area contributed by atoms with Gasteiger partial charge in [-0.3, -0.25) is 14.7 Å². The van der Waals surface area contributed by atoms with Crippen molar-refractivity contribution in [2.75, 3.05) is 27.9 Å². The van der Waals surface area contributed by atoms with E-state index in [1.165, 1.54) is 0 Å².